The molecule has 2 aliphatic rings. The van der Waals surface area contributed by atoms with Gasteiger partial charge in [0.25, 0.3) is 0 Å². The molecule has 0 N–H and O–H groups in total. The molecule has 6 nitrogen and oxygen atoms in total. The van der Waals surface area contributed by atoms with Crippen LogP contribution in [0, 0.1) is 11.3 Å². The first-order valence-corrected chi connectivity index (χ1v) is 11.0. The molecule has 2 fully saturated rings. The molecule has 6 heteroatoms. The number of nitriles is 1. The Morgan fingerprint density at radius 1 is 1.07 bits per heavy atom. The molecule has 0 bridgehead atoms. The van der Waals surface area contributed by atoms with E-state index >= 15 is 0 Å². The lowest BCUT2D eigenvalue weighted by molar-refractivity contribution is 0.122. The Balaban J connectivity index is 1.46. The summed E-state index contributed by atoms with van der Waals surface area (Å²) in [5.74, 6) is 0.249. The van der Waals surface area contributed by atoms with Crippen molar-refractivity contribution in [3.63, 3.8) is 0 Å². The van der Waals surface area contributed by atoms with Crippen LogP contribution in [0.2, 0.25) is 0 Å². The Bertz CT molecular complexity index is 1050. The average molecular weight is 402 g/mol. The first-order valence-electron chi connectivity index (χ1n) is 11.0. The van der Waals surface area contributed by atoms with Gasteiger partial charge in [0.1, 0.15) is 11.7 Å². The number of fused-ring (bicyclic) bond motifs is 1. The van der Waals surface area contributed by atoms with Gasteiger partial charge in [-0.25, -0.2) is 9.97 Å². The summed E-state index contributed by atoms with van der Waals surface area (Å²) in [7, 11) is 0. The summed E-state index contributed by atoms with van der Waals surface area (Å²) in [5.41, 5.74) is 4.73. The number of ether oxygens (including phenoxy) is 1. The number of nitrogens with zero attached hydrogens (tertiary/aromatic N) is 5. The maximum Gasteiger partial charge on any atom is 0.234 e. The minimum Gasteiger partial charge on any atom is -0.378 e. The Kier molecular flexibility index (Phi) is 5.37. The zero-order chi connectivity index (χ0) is 20.3. The highest BCUT2D eigenvalue weighted by Gasteiger charge is 2.22. The molecule has 0 radical (unpaired) electrons. The molecule has 3 heterocycles. The van der Waals surface area contributed by atoms with E-state index in [1.54, 1.807) is 6.20 Å². The predicted molar refractivity (Wildman–Crippen MR) is 117 cm³/mol. The lowest BCUT2D eigenvalue weighted by atomic mass is 9.95. The quantitative estimate of drug-likeness (QED) is 0.654. The summed E-state index contributed by atoms with van der Waals surface area (Å²) in [4.78, 5) is 11.2. The topological polar surface area (TPSA) is 67.0 Å². The van der Waals surface area contributed by atoms with Crippen molar-refractivity contribution in [1.82, 2.24) is 14.5 Å². The Hall–Kier alpha value is -2.91. The molecule has 30 heavy (non-hydrogen) atoms. The summed E-state index contributed by atoms with van der Waals surface area (Å²) in [5, 5.41) is 10.3. The van der Waals surface area contributed by atoms with Crippen LogP contribution in [0.5, 0.6) is 0 Å². The molecule has 3 aromatic rings. The number of hydrogen-bond acceptors (Lipinski definition) is 5. The second-order valence-corrected chi connectivity index (χ2v) is 8.32. The highest BCUT2D eigenvalue weighted by atomic mass is 16.5. The summed E-state index contributed by atoms with van der Waals surface area (Å²) in [6.07, 6.45) is 8.84. The minimum atomic E-state index is 0.249. The van der Waals surface area contributed by atoms with Crippen LogP contribution in [0.3, 0.4) is 0 Å². The van der Waals surface area contributed by atoms with Crippen LogP contribution in [-0.4, -0.2) is 40.8 Å². The normalized spacial score (nSPS) is 17.9. The number of hydrogen-bond donors (Lipinski definition) is 0. The molecule has 1 saturated carbocycles. The van der Waals surface area contributed by atoms with Gasteiger partial charge in [-0.05, 0) is 36.6 Å². The fourth-order valence-electron chi connectivity index (χ4n) is 4.85. The maximum atomic E-state index is 9.28. The molecule has 154 valence electrons. The van der Waals surface area contributed by atoms with Crippen molar-refractivity contribution in [1.29, 1.82) is 5.26 Å². The van der Waals surface area contributed by atoms with Gasteiger partial charge < -0.3 is 14.2 Å². The van der Waals surface area contributed by atoms with E-state index in [-0.39, 0.29) is 5.82 Å². The summed E-state index contributed by atoms with van der Waals surface area (Å²) in [6.45, 7) is 3.51. The highest BCUT2D eigenvalue weighted by Crippen LogP contribution is 2.34. The second-order valence-electron chi connectivity index (χ2n) is 8.32. The monoisotopic (exact) mass is 401 g/mol. The van der Waals surface area contributed by atoms with Gasteiger partial charge in [-0.3, -0.25) is 0 Å². The lowest BCUT2D eigenvalue weighted by Gasteiger charge is -2.29. The smallest absolute Gasteiger partial charge is 0.234 e. The third kappa shape index (κ3) is 3.78. The van der Waals surface area contributed by atoms with Gasteiger partial charge in [-0.15, -0.1) is 0 Å². The number of rotatable bonds is 4. The fourth-order valence-corrected chi connectivity index (χ4v) is 4.85. The highest BCUT2D eigenvalue weighted by molar-refractivity contribution is 5.77. The van der Waals surface area contributed by atoms with Crippen LogP contribution in [0.1, 0.15) is 55.2 Å². The Morgan fingerprint density at radius 2 is 1.83 bits per heavy atom. The zero-order valence-electron chi connectivity index (χ0n) is 17.3. The van der Waals surface area contributed by atoms with Crippen molar-refractivity contribution in [2.45, 2.75) is 44.6 Å². The SMILES string of the molecule is N#Cc1ncc2cc(Cc3ccc(N4CCOCC4)cc3)n(C3CCCCC3)c2n1. The number of anilines is 1. The molecular weight excluding hydrogens is 374 g/mol. The third-order valence-corrected chi connectivity index (χ3v) is 6.39. The van der Waals surface area contributed by atoms with Crippen molar-refractivity contribution in [2.75, 3.05) is 31.2 Å². The van der Waals surface area contributed by atoms with E-state index in [2.05, 4.69) is 55.8 Å². The van der Waals surface area contributed by atoms with E-state index in [1.807, 2.05) is 0 Å². The number of morpholine rings is 1. The first kappa shape index (κ1) is 19.1. The average Bonchev–Trinajstić information content (AvgIpc) is 3.17. The van der Waals surface area contributed by atoms with Gasteiger partial charge in [0, 0.05) is 48.5 Å². The molecule has 5 rings (SSSR count). The van der Waals surface area contributed by atoms with Crippen LogP contribution in [-0.2, 0) is 11.2 Å². The van der Waals surface area contributed by atoms with Gasteiger partial charge >= 0.3 is 0 Å². The fraction of sp³-hybridized carbons (Fsp3) is 0.458. The van der Waals surface area contributed by atoms with Crippen LogP contribution in [0.15, 0.2) is 36.5 Å². The molecule has 1 saturated heterocycles. The molecule has 0 spiro atoms. The van der Waals surface area contributed by atoms with E-state index in [4.69, 9.17) is 4.74 Å². The first-order chi connectivity index (χ1) is 14.8. The van der Waals surface area contributed by atoms with Crippen LogP contribution >= 0.6 is 0 Å². The van der Waals surface area contributed by atoms with Crippen molar-refractivity contribution >= 4 is 16.7 Å². The van der Waals surface area contributed by atoms with Gasteiger partial charge in [0.2, 0.25) is 5.82 Å². The molecular formula is C24H27N5O. The third-order valence-electron chi connectivity index (χ3n) is 6.39. The minimum absolute atomic E-state index is 0.249. The van der Waals surface area contributed by atoms with Crippen molar-refractivity contribution in [3.05, 3.63) is 53.6 Å². The lowest BCUT2D eigenvalue weighted by Crippen LogP contribution is -2.36. The number of aromatic nitrogens is 3. The summed E-state index contributed by atoms with van der Waals surface area (Å²) >= 11 is 0. The second kappa shape index (κ2) is 8.45. The molecule has 1 aliphatic carbocycles. The van der Waals surface area contributed by atoms with E-state index in [1.165, 1.54) is 49.0 Å². The van der Waals surface area contributed by atoms with E-state index in [0.29, 0.717) is 6.04 Å². The molecule has 0 amide bonds. The molecule has 0 atom stereocenters. The van der Waals surface area contributed by atoms with Crippen molar-refractivity contribution in [3.8, 4) is 6.07 Å². The molecule has 1 aliphatic heterocycles. The summed E-state index contributed by atoms with van der Waals surface area (Å²) in [6, 6.07) is 13.7. The van der Waals surface area contributed by atoms with E-state index in [0.717, 1.165) is 43.8 Å². The van der Waals surface area contributed by atoms with Crippen LogP contribution in [0.4, 0.5) is 5.69 Å². The van der Waals surface area contributed by atoms with Crippen LogP contribution in [0.25, 0.3) is 11.0 Å². The van der Waals surface area contributed by atoms with Gasteiger partial charge in [0.05, 0.1) is 13.2 Å². The zero-order valence-corrected chi connectivity index (χ0v) is 17.3. The Labute approximate surface area is 177 Å². The molecule has 0 unspecified atom stereocenters. The van der Waals surface area contributed by atoms with E-state index < -0.39 is 0 Å². The maximum absolute atomic E-state index is 9.28. The van der Waals surface area contributed by atoms with Crippen LogP contribution < -0.4 is 4.90 Å². The van der Waals surface area contributed by atoms with Gasteiger partial charge in [-0.1, -0.05) is 31.4 Å². The van der Waals surface area contributed by atoms with Gasteiger partial charge in [-0.2, -0.15) is 5.26 Å². The Morgan fingerprint density at radius 3 is 2.57 bits per heavy atom. The molecule has 1 aromatic carbocycles. The van der Waals surface area contributed by atoms with E-state index in [9.17, 15) is 5.26 Å². The summed E-state index contributed by atoms with van der Waals surface area (Å²) < 4.78 is 7.86. The van der Waals surface area contributed by atoms with Crippen molar-refractivity contribution < 1.29 is 4.74 Å². The van der Waals surface area contributed by atoms with Crippen molar-refractivity contribution in [2.24, 2.45) is 0 Å². The molecule has 2 aromatic heterocycles. The number of benzene rings is 1. The predicted octanol–water partition coefficient (Wildman–Crippen LogP) is 4.24. The standard InChI is InChI=1S/C24H27N5O/c25-16-23-26-17-19-15-22(29(24(19)27-23)21-4-2-1-3-5-21)14-18-6-8-20(9-7-18)28-10-12-30-13-11-28/h6-9,15,17,21H,1-5,10-14H2. The van der Waals surface area contributed by atoms with Gasteiger partial charge in [0.15, 0.2) is 0 Å². The largest absolute Gasteiger partial charge is 0.378 e.